The summed E-state index contributed by atoms with van der Waals surface area (Å²) in [6, 6.07) is 15.6. The quantitative estimate of drug-likeness (QED) is 0.571. The molecule has 1 amide bonds. The summed E-state index contributed by atoms with van der Waals surface area (Å²) in [4.78, 5) is 15.3. The number of hydrogen-bond acceptors (Lipinski definition) is 4. The fourth-order valence-corrected chi connectivity index (χ4v) is 5.45. The van der Waals surface area contributed by atoms with Crippen LogP contribution in [0.25, 0.3) is 0 Å². The Morgan fingerprint density at radius 1 is 1.00 bits per heavy atom. The first-order chi connectivity index (χ1) is 15.0. The number of piperidine rings is 1. The molecule has 0 saturated carbocycles. The number of likely N-dealkylation sites (tertiary alicyclic amines) is 1. The Balaban J connectivity index is 1.70. The number of benzene rings is 2. The summed E-state index contributed by atoms with van der Waals surface area (Å²) in [7, 11) is -3.87. The van der Waals surface area contributed by atoms with Gasteiger partial charge in [0.2, 0.25) is 5.91 Å². The Kier molecular flexibility index (Phi) is 8.49. The van der Waals surface area contributed by atoms with E-state index in [1.165, 1.54) is 23.6 Å². The minimum Gasteiger partial charge on any atom is -0.354 e. The first-order valence-electron chi connectivity index (χ1n) is 11.2. The number of hydrogen-bond donors (Lipinski definition) is 1. The summed E-state index contributed by atoms with van der Waals surface area (Å²) in [5.41, 5.74) is 1.44. The molecular formula is C24H33N3O3S. The van der Waals surface area contributed by atoms with Crippen LogP contribution >= 0.6 is 0 Å². The van der Waals surface area contributed by atoms with Gasteiger partial charge in [0.15, 0.2) is 0 Å². The predicted molar refractivity (Wildman–Crippen MR) is 125 cm³/mol. The summed E-state index contributed by atoms with van der Waals surface area (Å²) < 4.78 is 28.1. The van der Waals surface area contributed by atoms with Crippen molar-refractivity contribution in [3.63, 3.8) is 0 Å². The number of sulfonamides is 1. The maximum absolute atomic E-state index is 13.4. The second-order valence-electron chi connectivity index (χ2n) is 7.91. The van der Waals surface area contributed by atoms with Crippen molar-refractivity contribution < 1.29 is 13.2 Å². The molecule has 1 saturated heterocycles. The van der Waals surface area contributed by atoms with E-state index in [0.29, 0.717) is 18.7 Å². The van der Waals surface area contributed by atoms with E-state index >= 15 is 0 Å². The molecule has 0 unspecified atom stereocenters. The molecule has 7 heteroatoms. The molecule has 0 radical (unpaired) electrons. The molecular weight excluding hydrogens is 410 g/mol. The van der Waals surface area contributed by atoms with Crippen LogP contribution in [0.1, 0.15) is 38.2 Å². The van der Waals surface area contributed by atoms with Crippen molar-refractivity contribution in [2.45, 2.75) is 43.9 Å². The van der Waals surface area contributed by atoms with Crippen LogP contribution in [0.15, 0.2) is 59.5 Å². The third-order valence-corrected chi connectivity index (χ3v) is 7.46. The van der Waals surface area contributed by atoms with Crippen LogP contribution in [0.4, 0.5) is 5.69 Å². The third kappa shape index (κ3) is 6.31. The van der Waals surface area contributed by atoms with E-state index in [4.69, 9.17) is 0 Å². The van der Waals surface area contributed by atoms with Crippen LogP contribution in [-0.4, -0.2) is 51.9 Å². The van der Waals surface area contributed by atoms with Crippen molar-refractivity contribution in [3.8, 4) is 0 Å². The normalized spacial score (nSPS) is 14.9. The highest BCUT2D eigenvalue weighted by Gasteiger charge is 2.28. The lowest BCUT2D eigenvalue weighted by atomic mass is 10.1. The Morgan fingerprint density at radius 2 is 1.68 bits per heavy atom. The predicted octanol–water partition coefficient (Wildman–Crippen LogP) is 3.44. The molecule has 6 nitrogen and oxygen atoms in total. The van der Waals surface area contributed by atoms with Gasteiger partial charge >= 0.3 is 0 Å². The molecule has 3 rings (SSSR count). The maximum atomic E-state index is 13.4. The molecule has 0 aromatic heterocycles. The Labute approximate surface area is 186 Å². The molecule has 0 bridgehead atoms. The average Bonchev–Trinajstić information content (AvgIpc) is 2.81. The lowest BCUT2D eigenvalue weighted by molar-refractivity contribution is -0.119. The van der Waals surface area contributed by atoms with Crippen LogP contribution in [-0.2, 0) is 21.2 Å². The van der Waals surface area contributed by atoms with Crippen LogP contribution in [0.3, 0.4) is 0 Å². The van der Waals surface area contributed by atoms with Crippen LogP contribution in [0, 0.1) is 0 Å². The second kappa shape index (κ2) is 11.3. The molecule has 168 valence electrons. The fraction of sp³-hybridized carbons (Fsp3) is 0.458. The third-order valence-electron chi connectivity index (χ3n) is 5.68. The van der Waals surface area contributed by atoms with Crippen LogP contribution in [0.5, 0.6) is 0 Å². The average molecular weight is 444 g/mol. The maximum Gasteiger partial charge on any atom is 0.264 e. The Bertz CT molecular complexity index is 942. The summed E-state index contributed by atoms with van der Waals surface area (Å²) in [6.45, 7) is 5.51. The minimum atomic E-state index is -3.87. The Hall–Kier alpha value is -2.38. The monoisotopic (exact) mass is 443 g/mol. The van der Waals surface area contributed by atoms with Gasteiger partial charge in [0.05, 0.1) is 10.6 Å². The zero-order valence-electron chi connectivity index (χ0n) is 18.3. The van der Waals surface area contributed by atoms with E-state index < -0.39 is 10.0 Å². The van der Waals surface area contributed by atoms with Gasteiger partial charge in [0, 0.05) is 6.54 Å². The number of anilines is 1. The Morgan fingerprint density at radius 3 is 2.39 bits per heavy atom. The summed E-state index contributed by atoms with van der Waals surface area (Å²) in [6.07, 6.45) is 5.33. The molecule has 0 spiro atoms. The van der Waals surface area contributed by atoms with Gasteiger partial charge in [-0.1, -0.05) is 49.7 Å². The highest BCUT2D eigenvalue weighted by atomic mass is 32.2. The van der Waals surface area contributed by atoms with E-state index in [-0.39, 0.29) is 17.3 Å². The van der Waals surface area contributed by atoms with E-state index in [0.717, 1.165) is 31.6 Å². The highest BCUT2D eigenvalue weighted by molar-refractivity contribution is 7.92. The summed E-state index contributed by atoms with van der Waals surface area (Å²) in [5, 5.41) is 2.91. The lowest BCUT2D eigenvalue weighted by Crippen LogP contribution is -2.42. The fourth-order valence-electron chi connectivity index (χ4n) is 3.97. The van der Waals surface area contributed by atoms with Gasteiger partial charge in [-0.2, -0.15) is 0 Å². The second-order valence-corrected chi connectivity index (χ2v) is 9.78. The van der Waals surface area contributed by atoms with Gasteiger partial charge in [-0.05, 0) is 69.1 Å². The largest absolute Gasteiger partial charge is 0.354 e. The minimum absolute atomic E-state index is 0.179. The van der Waals surface area contributed by atoms with Crippen molar-refractivity contribution in [2.24, 2.45) is 0 Å². The number of amides is 1. The molecule has 1 fully saturated rings. The van der Waals surface area contributed by atoms with Crippen LogP contribution < -0.4 is 9.62 Å². The number of nitrogens with one attached hydrogen (secondary N) is 1. The molecule has 1 aliphatic heterocycles. The van der Waals surface area contributed by atoms with Crippen molar-refractivity contribution in [2.75, 3.05) is 37.0 Å². The van der Waals surface area contributed by atoms with E-state index in [1.807, 2.05) is 19.1 Å². The van der Waals surface area contributed by atoms with Gasteiger partial charge in [0.25, 0.3) is 10.0 Å². The number of carbonyl (C=O) groups excluding carboxylic acids is 1. The molecule has 1 heterocycles. The zero-order valence-corrected chi connectivity index (χ0v) is 19.1. The standard InChI is InChI=1S/C24H33N3O3S/c1-2-21-12-7-8-15-23(21)27(31(29,30)22-13-5-3-6-14-22)20-24(28)25-16-11-19-26-17-9-4-10-18-26/h3,5-8,12-15H,2,4,9-11,16-20H2,1H3,(H,25,28). The topological polar surface area (TPSA) is 69.7 Å². The first kappa shape index (κ1) is 23.3. The van der Waals surface area contributed by atoms with E-state index in [1.54, 1.807) is 42.5 Å². The smallest absolute Gasteiger partial charge is 0.264 e. The van der Waals surface area contributed by atoms with Crippen molar-refractivity contribution in [1.29, 1.82) is 0 Å². The highest BCUT2D eigenvalue weighted by Crippen LogP contribution is 2.27. The van der Waals surface area contributed by atoms with E-state index in [2.05, 4.69) is 10.2 Å². The number of rotatable bonds is 10. The molecule has 2 aromatic rings. The molecule has 0 atom stereocenters. The van der Waals surface area contributed by atoms with Crippen molar-refractivity contribution in [1.82, 2.24) is 10.2 Å². The SMILES string of the molecule is CCc1ccccc1N(CC(=O)NCCCN1CCCCC1)S(=O)(=O)c1ccccc1. The molecule has 2 aromatic carbocycles. The number of para-hydroxylation sites is 1. The first-order valence-corrected chi connectivity index (χ1v) is 12.6. The van der Waals surface area contributed by atoms with Gasteiger partial charge < -0.3 is 10.2 Å². The van der Waals surface area contributed by atoms with Crippen molar-refractivity contribution >= 4 is 21.6 Å². The zero-order chi connectivity index (χ0) is 22.1. The number of carbonyl (C=O) groups is 1. The lowest BCUT2D eigenvalue weighted by Gasteiger charge is -2.27. The van der Waals surface area contributed by atoms with Gasteiger partial charge in [-0.25, -0.2) is 8.42 Å². The van der Waals surface area contributed by atoms with Gasteiger partial charge in [0.1, 0.15) is 6.54 Å². The van der Waals surface area contributed by atoms with Gasteiger partial charge in [-0.15, -0.1) is 0 Å². The molecule has 0 aliphatic carbocycles. The summed E-state index contributed by atoms with van der Waals surface area (Å²) >= 11 is 0. The molecule has 1 aliphatic rings. The van der Waals surface area contributed by atoms with E-state index in [9.17, 15) is 13.2 Å². The van der Waals surface area contributed by atoms with Crippen LogP contribution in [0.2, 0.25) is 0 Å². The number of aryl methyl sites for hydroxylation is 1. The van der Waals surface area contributed by atoms with Gasteiger partial charge in [-0.3, -0.25) is 9.10 Å². The number of nitrogens with zero attached hydrogens (tertiary/aromatic N) is 2. The van der Waals surface area contributed by atoms with Crippen molar-refractivity contribution in [3.05, 3.63) is 60.2 Å². The molecule has 31 heavy (non-hydrogen) atoms. The molecule has 1 N–H and O–H groups in total. The summed E-state index contributed by atoms with van der Waals surface area (Å²) in [5.74, 6) is -0.288.